The second-order valence-electron chi connectivity index (χ2n) is 4.88. The maximum absolute atomic E-state index is 4.69. The molecule has 3 nitrogen and oxygen atoms in total. The Morgan fingerprint density at radius 1 is 0.850 bits per heavy atom. The molecule has 20 heavy (non-hydrogen) atoms. The molecule has 3 heteroatoms. The fourth-order valence-electron chi connectivity index (χ4n) is 2.71. The summed E-state index contributed by atoms with van der Waals surface area (Å²) in [5.41, 5.74) is 4.24. The van der Waals surface area contributed by atoms with E-state index in [4.69, 9.17) is 0 Å². The molecule has 0 saturated carbocycles. The van der Waals surface area contributed by atoms with E-state index in [1.165, 1.54) is 0 Å². The summed E-state index contributed by atoms with van der Waals surface area (Å²) in [4.78, 5) is 4.56. The first-order chi connectivity index (χ1) is 9.84. The highest BCUT2D eigenvalue weighted by Crippen LogP contribution is 2.30. The topological polar surface area (TPSA) is 30.7 Å². The molecule has 2 heterocycles. The first-order valence-electron chi connectivity index (χ1n) is 6.60. The highest BCUT2D eigenvalue weighted by atomic mass is 15.3. The molecule has 0 aliphatic heterocycles. The summed E-state index contributed by atoms with van der Waals surface area (Å²) in [6.07, 6.45) is 1.92. The second-order valence-corrected chi connectivity index (χ2v) is 4.88. The summed E-state index contributed by atoms with van der Waals surface area (Å²) in [7, 11) is 1.99. The van der Waals surface area contributed by atoms with Crippen molar-refractivity contribution in [3.8, 4) is 11.3 Å². The van der Waals surface area contributed by atoms with Crippen LogP contribution in [0.1, 0.15) is 0 Å². The number of aryl methyl sites for hydroxylation is 1. The van der Waals surface area contributed by atoms with Gasteiger partial charge in [-0.05, 0) is 6.07 Å². The van der Waals surface area contributed by atoms with Crippen LogP contribution >= 0.6 is 0 Å². The van der Waals surface area contributed by atoms with Crippen LogP contribution in [-0.2, 0) is 7.05 Å². The summed E-state index contributed by atoms with van der Waals surface area (Å²) in [6, 6.07) is 18.4. The van der Waals surface area contributed by atoms with Crippen molar-refractivity contribution < 1.29 is 0 Å². The Labute approximate surface area is 116 Å². The van der Waals surface area contributed by atoms with Crippen LogP contribution in [0.3, 0.4) is 0 Å². The molecule has 4 rings (SSSR count). The third kappa shape index (κ3) is 1.53. The predicted molar refractivity (Wildman–Crippen MR) is 81.5 cm³/mol. The van der Waals surface area contributed by atoms with Crippen LogP contribution in [0.5, 0.6) is 0 Å². The van der Waals surface area contributed by atoms with E-state index in [-0.39, 0.29) is 0 Å². The molecule has 0 bridgehead atoms. The third-order valence-electron chi connectivity index (χ3n) is 3.62. The van der Waals surface area contributed by atoms with Gasteiger partial charge in [-0.2, -0.15) is 5.10 Å². The quantitative estimate of drug-likeness (QED) is 0.520. The van der Waals surface area contributed by atoms with Crippen LogP contribution in [0, 0.1) is 0 Å². The van der Waals surface area contributed by atoms with Gasteiger partial charge in [0.25, 0.3) is 0 Å². The molecule has 0 saturated heterocycles. The minimum atomic E-state index is 0.987. The molecule has 0 amide bonds. The molecule has 0 spiro atoms. The number of para-hydroxylation sites is 1. The summed E-state index contributed by atoms with van der Waals surface area (Å²) < 4.78 is 1.95. The fourth-order valence-corrected chi connectivity index (χ4v) is 2.71. The van der Waals surface area contributed by atoms with Gasteiger partial charge in [-0.3, -0.25) is 9.67 Å². The van der Waals surface area contributed by atoms with E-state index in [0.29, 0.717) is 0 Å². The second kappa shape index (κ2) is 4.17. The number of fused-ring (bicyclic) bond motifs is 3. The number of rotatable bonds is 1. The molecule has 0 aliphatic rings. The Balaban J connectivity index is 2.13. The molecule has 2 aromatic carbocycles. The van der Waals surface area contributed by atoms with Crippen molar-refractivity contribution in [3.05, 3.63) is 60.8 Å². The number of hydrogen-bond acceptors (Lipinski definition) is 2. The highest BCUT2D eigenvalue weighted by molar-refractivity contribution is 6.07. The molecule has 0 aliphatic carbocycles. The van der Waals surface area contributed by atoms with Crippen molar-refractivity contribution in [2.75, 3.05) is 0 Å². The maximum Gasteiger partial charge on any atom is 0.102 e. The van der Waals surface area contributed by atoms with E-state index in [1.807, 2.05) is 54.3 Å². The Morgan fingerprint density at radius 2 is 1.60 bits per heavy atom. The number of nitrogens with zero attached hydrogens (tertiary/aromatic N) is 3. The van der Waals surface area contributed by atoms with Crippen molar-refractivity contribution in [2.45, 2.75) is 0 Å². The molecule has 96 valence electrons. The Morgan fingerprint density at radius 3 is 2.45 bits per heavy atom. The zero-order chi connectivity index (χ0) is 13.5. The lowest BCUT2D eigenvalue weighted by molar-refractivity contribution is 0.803. The Bertz CT molecular complexity index is 907. The van der Waals surface area contributed by atoms with E-state index >= 15 is 0 Å². The smallest absolute Gasteiger partial charge is 0.102 e. The molecule has 4 aromatic rings. The van der Waals surface area contributed by atoms with Gasteiger partial charge in [-0.25, -0.2) is 0 Å². The summed E-state index contributed by atoms with van der Waals surface area (Å²) >= 11 is 0. The maximum atomic E-state index is 4.69. The minimum absolute atomic E-state index is 0.987. The number of pyridine rings is 1. The van der Waals surface area contributed by atoms with Crippen molar-refractivity contribution in [1.29, 1.82) is 0 Å². The van der Waals surface area contributed by atoms with E-state index in [1.54, 1.807) is 0 Å². The average molecular weight is 259 g/mol. The van der Waals surface area contributed by atoms with E-state index in [0.717, 1.165) is 33.1 Å². The van der Waals surface area contributed by atoms with Gasteiger partial charge < -0.3 is 0 Å². The van der Waals surface area contributed by atoms with Crippen molar-refractivity contribution in [1.82, 2.24) is 14.8 Å². The van der Waals surface area contributed by atoms with Crippen LogP contribution in [-0.4, -0.2) is 14.8 Å². The van der Waals surface area contributed by atoms with E-state index < -0.39 is 0 Å². The lowest BCUT2D eigenvalue weighted by atomic mass is 10.1. The lowest BCUT2D eigenvalue weighted by Crippen LogP contribution is -1.91. The van der Waals surface area contributed by atoms with Crippen LogP contribution in [0.2, 0.25) is 0 Å². The van der Waals surface area contributed by atoms with Gasteiger partial charge in [0, 0.05) is 29.6 Å². The normalized spacial score (nSPS) is 11.2. The van der Waals surface area contributed by atoms with Gasteiger partial charge in [-0.1, -0.05) is 48.5 Å². The standard InChI is InChI=1S/C17H13N3/c1-20-17-13-9-5-6-10-15(13)18-11-14(17)16(19-20)12-7-3-2-4-8-12/h2-11H,1H3. The molecule has 0 atom stereocenters. The first-order valence-corrected chi connectivity index (χ1v) is 6.60. The van der Waals surface area contributed by atoms with Gasteiger partial charge in [0.2, 0.25) is 0 Å². The van der Waals surface area contributed by atoms with Crippen molar-refractivity contribution >= 4 is 21.8 Å². The molecule has 0 unspecified atom stereocenters. The van der Waals surface area contributed by atoms with Gasteiger partial charge in [0.1, 0.15) is 5.69 Å². The zero-order valence-corrected chi connectivity index (χ0v) is 11.1. The molecule has 0 N–H and O–H groups in total. The highest BCUT2D eigenvalue weighted by Gasteiger charge is 2.13. The largest absolute Gasteiger partial charge is 0.267 e. The van der Waals surface area contributed by atoms with Gasteiger partial charge in [0.15, 0.2) is 0 Å². The molecule has 0 radical (unpaired) electrons. The van der Waals surface area contributed by atoms with E-state index in [2.05, 4.69) is 28.3 Å². The lowest BCUT2D eigenvalue weighted by Gasteiger charge is -2.00. The minimum Gasteiger partial charge on any atom is -0.267 e. The zero-order valence-electron chi connectivity index (χ0n) is 11.1. The molecule has 2 aromatic heterocycles. The first kappa shape index (κ1) is 11.2. The SMILES string of the molecule is Cn1nc(-c2ccccc2)c2cnc3ccccc3c21. The molecular formula is C17H13N3. The Kier molecular flexibility index (Phi) is 2.33. The monoisotopic (exact) mass is 259 g/mol. The van der Waals surface area contributed by atoms with Gasteiger partial charge >= 0.3 is 0 Å². The van der Waals surface area contributed by atoms with Crippen LogP contribution in [0.15, 0.2) is 60.8 Å². The number of aromatic nitrogens is 3. The summed E-state index contributed by atoms with van der Waals surface area (Å²) in [6.45, 7) is 0. The molecular weight excluding hydrogens is 246 g/mol. The number of hydrogen-bond donors (Lipinski definition) is 0. The summed E-state index contributed by atoms with van der Waals surface area (Å²) in [5, 5.41) is 6.92. The predicted octanol–water partition coefficient (Wildman–Crippen LogP) is 3.79. The van der Waals surface area contributed by atoms with Crippen molar-refractivity contribution in [2.24, 2.45) is 7.05 Å². The average Bonchev–Trinajstić information content (AvgIpc) is 2.86. The summed E-state index contributed by atoms with van der Waals surface area (Å²) in [5.74, 6) is 0. The van der Waals surface area contributed by atoms with E-state index in [9.17, 15) is 0 Å². The fraction of sp³-hybridized carbons (Fsp3) is 0.0588. The van der Waals surface area contributed by atoms with Crippen molar-refractivity contribution in [3.63, 3.8) is 0 Å². The van der Waals surface area contributed by atoms with Crippen LogP contribution < -0.4 is 0 Å². The number of benzene rings is 2. The van der Waals surface area contributed by atoms with Gasteiger partial charge in [0.05, 0.1) is 11.0 Å². The molecule has 0 fully saturated rings. The Hall–Kier alpha value is -2.68. The van der Waals surface area contributed by atoms with Gasteiger partial charge in [-0.15, -0.1) is 0 Å². The third-order valence-corrected chi connectivity index (χ3v) is 3.62. The van der Waals surface area contributed by atoms with Crippen LogP contribution in [0.4, 0.5) is 0 Å². The van der Waals surface area contributed by atoms with Crippen LogP contribution in [0.25, 0.3) is 33.1 Å².